The zero-order valence-electron chi connectivity index (χ0n) is 26.8. The van der Waals surface area contributed by atoms with Gasteiger partial charge in [-0.25, -0.2) is 0 Å². The summed E-state index contributed by atoms with van der Waals surface area (Å²) in [6, 6.07) is 8.89. The smallest absolute Gasteiger partial charge is 0.425 e. The lowest BCUT2D eigenvalue weighted by Crippen LogP contribution is -2.62. The van der Waals surface area contributed by atoms with E-state index in [0.717, 1.165) is 11.1 Å². The minimum absolute atomic E-state index is 0.0265. The van der Waals surface area contributed by atoms with E-state index >= 15 is 0 Å². The SMILES string of the molecule is CC(C)C[C@H](NC(=O)[C@H](N)NC(=O)[C@H](CCN)NC(=O)[C@H](CCN)NC(=O)c1ccc(-c2ccc(Cl)cc2)cc1)C(=O)N[C@@H](N)B(O)O. The molecule has 0 bridgehead atoms. The summed E-state index contributed by atoms with van der Waals surface area (Å²) >= 11 is 5.95. The lowest BCUT2D eigenvalue weighted by molar-refractivity contribution is -0.134. The first-order valence-corrected chi connectivity index (χ1v) is 15.7. The molecule has 2 aromatic rings. The topological polar surface area (TPSA) is 290 Å². The third-order valence-corrected chi connectivity index (χ3v) is 7.29. The molecule has 0 aliphatic rings. The first kappa shape index (κ1) is 40.1. The second-order valence-corrected chi connectivity index (χ2v) is 11.9. The van der Waals surface area contributed by atoms with E-state index in [9.17, 15) is 24.0 Å². The van der Waals surface area contributed by atoms with Gasteiger partial charge in [-0.05, 0) is 73.7 Å². The van der Waals surface area contributed by atoms with E-state index in [1.807, 2.05) is 12.1 Å². The highest BCUT2D eigenvalue weighted by Crippen LogP contribution is 2.22. The number of halogens is 1. The van der Waals surface area contributed by atoms with Crippen LogP contribution in [0, 0.1) is 5.92 Å². The molecule has 2 aromatic carbocycles. The highest BCUT2D eigenvalue weighted by Gasteiger charge is 2.31. The first-order valence-electron chi connectivity index (χ1n) is 15.3. The number of hydrogen-bond donors (Lipinski definition) is 11. The minimum atomic E-state index is -2.04. The van der Waals surface area contributed by atoms with Gasteiger partial charge in [0.25, 0.3) is 11.8 Å². The molecule has 15 N–H and O–H groups in total. The number of benzene rings is 2. The van der Waals surface area contributed by atoms with Crippen LogP contribution >= 0.6 is 11.6 Å². The van der Waals surface area contributed by atoms with Crippen molar-refractivity contribution in [1.82, 2.24) is 26.6 Å². The molecule has 0 saturated heterocycles. The fourth-order valence-corrected chi connectivity index (χ4v) is 4.59. The predicted molar refractivity (Wildman–Crippen MR) is 181 cm³/mol. The van der Waals surface area contributed by atoms with Gasteiger partial charge in [-0.1, -0.05) is 49.7 Å². The van der Waals surface area contributed by atoms with Gasteiger partial charge in [-0.15, -0.1) is 0 Å². The number of nitrogens with one attached hydrogen (secondary N) is 5. The molecule has 0 unspecified atom stereocenters. The van der Waals surface area contributed by atoms with Crippen LogP contribution in [0.25, 0.3) is 11.1 Å². The number of amides is 5. The molecule has 5 amide bonds. The fourth-order valence-electron chi connectivity index (χ4n) is 4.46. The zero-order valence-corrected chi connectivity index (χ0v) is 27.6. The number of carbonyl (C=O) groups excluding carboxylic acids is 5. The second kappa shape index (κ2) is 19.7. The molecule has 0 heterocycles. The summed E-state index contributed by atoms with van der Waals surface area (Å²) < 4.78 is 0. The van der Waals surface area contributed by atoms with Crippen molar-refractivity contribution in [2.45, 2.75) is 63.5 Å². The monoisotopic (exact) mass is 689 g/mol. The molecule has 2 rings (SSSR count). The molecule has 0 aliphatic carbocycles. The Bertz CT molecular complexity index is 1380. The molecular weight excluding hydrogens is 645 g/mol. The molecule has 0 fully saturated rings. The molecule has 0 radical (unpaired) electrons. The van der Waals surface area contributed by atoms with Crippen LogP contribution in [0.2, 0.25) is 5.02 Å². The van der Waals surface area contributed by atoms with Crippen LogP contribution < -0.4 is 49.5 Å². The van der Waals surface area contributed by atoms with Gasteiger partial charge in [0.1, 0.15) is 24.2 Å². The van der Waals surface area contributed by atoms with Crippen molar-refractivity contribution < 1.29 is 34.0 Å². The van der Waals surface area contributed by atoms with Crippen LogP contribution in [-0.2, 0) is 19.2 Å². The van der Waals surface area contributed by atoms with Crippen molar-refractivity contribution in [3.63, 3.8) is 0 Å². The lowest BCUT2D eigenvalue weighted by atomic mass is 9.86. The molecule has 18 heteroatoms. The number of carbonyl (C=O) groups is 5. The maximum Gasteiger partial charge on any atom is 0.490 e. The number of rotatable bonds is 18. The van der Waals surface area contributed by atoms with Crippen molar-refractivity contribution >= 4 is 48.3 Å². The van der Waals surface area contributed by atoms with Gasteiger partial charge in [-0.3, -0.25) is 24.0 Å². The minimum Gasteiger partial charge on any atom is -0.425 e. The zero-order chi connectivity index (χ0) is 36.0. The lowest BCUT2D eigenvalue weighted by Gasteiger charge is -2.26. The average molecular weight is 690 g/mol. The number of hydrogen-bond acceptors (Lipinski definition) is 11. The normalized spacial score (nSPS) is 14.1. The van der Waals surface area contributed by atoms with Gasteiger partial charge in [0.05, 0.1) is 0 Å². The average Bonchev–Trinajstić information content (AvgIpc) is 3.03. The Labute approximate surface area is 284 Å². The summed E-state index contributed by atoms with van der Waals surface area (Å²) in [5.74, 6) is -3.91. The summed E-state index contributed by atoms with van der Waals surface area (Å²) in [6.07, 6.45) is -1.50. The summed E-state index contributed by atoms with van der Waals surface area (Å²) in [4.78, 5) is 64.7. The van der Waals surface area contributed by atoms with Crippen LogP contribution in [0.3, 0.4) is 0 Å². The largest absolute Gasteiger partial charge is 0.490 e. The highest BCUT2D eigenvalue weighted by atomic mass is 35.5. The number of nitrogens with two attached hydrogens (primary N) is 4. The molecule has 0 aliphatic heterocycles. The second-order valence-electron chi connectivity index (χ2n) is 11.5. The van der Waals surface area contributed by atoms with E-state index < -0.39 is 67.0 Å². The predicted octanol–water partition coefficient (Wildman–Crippen LogP) is -2.37. The van der Waals surface area contributed by atoms with Gasteiger partial charge in [0.15, 0.2) is 6.17 Å². The van der Waals surface area contributed by atoms with E-state index in [-0.39, 0.29) is 43.8 Å². The highest BCUT2D eigenvalue weighted by molar-refractivity contribution is 6.43. The maximum absolute atomic E-state index is 13.2. The van der Waals surface area contributed by atoms with E-state index in [1.54, 1.807) is 50.2 Å². The van der Waals surface area contributed by atoms with Crippen LogP contribution in [0.1, 0.15) is 43.5 Å². The standard InChI is InChI=1S/C30H45BClN9O7/c1-16(2)15-23(28(45)41-30(36)31(47)48)39-29(46)24(35)40-27(44)22(12-14-34)38-26(43)21(11-13-33)37-25(42)19-5-3-17(4-6-19)18-7-9-20(32)10-8-18/h3-10,16,21-24,30,47-48H,11-15,33-36H2,1-2H3,(H,37,42)(H,38,43)(H,39,46)(H,40,44)(H,41,45)/t21-,22-,23-,24+,30+/m0/s1. The van der Waals surface area contributed by atoms with Crippen molar-refractivity contribution in [2.24, 2.45) is 28.9 Å². The van der Waals surface area contributed by atoms with Gasteiger partial charge >= 0.3 is 7.12 Å². The third kappa shape index (κ3) is 12.8. The first-order chi connectivity index (χ1) is 22.7. The Balaban J connectivity index is 2.06. The van der Waals surface area contributed by atoms with Crippen LogP contribution in [-0.4, -0.2) is 90.1 Å². The summed E-state index contributed by atoms with van der Waals surface area (Å²) in [7, 11) is -2.04. The van der Waals surface area contributed by atoms with Gasteiger partial charge in [0.2, 0.25) is 17.7 Å². The molecular formula is C30H45BClN9O7. The van der Waals surface area contributed by atoms with E-state index in [1.165, 1.54) is 0 Å². The van der Waals surface area contributed by atoms with Crippen molar-refractivity contribution in [1.29, 1.82) is 0 Å². The Morgan fingerprint density at radius 3 is 1.65 bits per heavy atom. The van der Waals surface area contributed by atoms with E-state index in [2.05, 4.69) is 26.6 Å². The van der Waals surface area contributed by atoms with Crippen LogP contribution in [0.4, 0.5) is 0 Å². The van der Waals surface area contributed by atoms with Crippen LogP contribution in [0.5, 0.6) is 0 Å². The summed E-state index contributed by atoms with van der Waals surface area (Å²) in [6.45, 7) is 3.59. The molecule has 48 heavy (non-hydrogen) atoms. The molecule has 0 saturated carbocycles. The maximum atomic E-state index is 13.2. The van der Waals surface area contributed by atoms with Crippen molar-refractivity contribution in [3.8, 4) is 11.1 Å². The summed E-state index contributed by atoms with van der Waals surface area (Å²) in [5, 5.41) is 31.0. The molecule has 16 nitrogen and oxygen atoms in total. The molecule has 5 atom stereocenters. The van der Waals surface area contributed by atoms with Crippen molar-refractivity contribution in [2.75, 3.05) is 13.1 Å². The van der Waals surface area contributed by atoms with Crippen LogP contribution in [0.15, 0.2) is 48.5 Å². The molecule has 0 aromatic heterocycles. The summed E-state index contributed by atoms with van der Waals surface area (Å²) in [5.41, 5.74) is 24.8. The molecule has 0 spiro atoms. The van der Waals surface area contributed by atoms with E-state index in [0.29, 0.717) is 5.02 Å². The Morgan fingerprint density at radius 1 is 0.688 bits per heavy atom. The fraction of sp³-hybridized carbons (Fsp3) is 0.433. The quantitative estimate of drug-likeness (QED) is 0.0581. The Hall–Kier alpha value is -4.10. The molecule has 262 valence electrons. The Kier molecular flexibility index (Phi) is 16.4. The van der Waals surface area contributed by atoms with Gasteiger partial charge in [-0.2, -0.15) is 0 Å². The Morgan fingerprint density at radius 2 is 1.15 bits per heavy atom. The van der Waals surface area contributed by atoms with Gasteiger partial charge < -0.3 is 59.6 Å². The van der Waals surface area contributed by atoms with Crippen molar-refractivity contribution in [3.05, 3.63) is 59.1 Å². The van der Waals surface area contributed by atoms with E-state index in [4.69, 9.17) is 44.6 Å². The third-order valence-electron chi connectivity index (χ3n) is 7.04. The van der Waals surface area contributed by atoms with Gasteiger partial charge in [0, 0.05) is 10.6 Å².